The van der Waals surface area contributed by atoms with Crippen molar-refractivity contribution in [3.05, 3.63) is 63.9 Å². The van der Waals surface area contributed by atoms with Crippen LogP contribution in [0.1, 0.15) is 34.3 Å². The fourth-order valence-electron chi connectivity index (χ4n) is 3.02. The zero-order chi connectivity index (χ0) is 20.6. The minimum absolute atomic E-state index is 0.125. The molecular weight excluding hydrogens is 399 g/mol. The maximum Gasteiger partial charge on any atom is 0.251 e. The molecule has 0 radical (unpaired) electrons. The number of ether oxygens (including phenoxy) is 2. The molecule has 0 bridgehead atoms. The van der Waals surface area contributed by atoms with Gasteiger partial charge in [0.25, 0.3) is 5.91 Å². The van der Waals surface area contributed by atoms with Gasteiger partial charge in [-0.15, -0.1) is 0 Å². The fraction of sp³-hybridized carbons (Fsp3) is 0.333. The molecule has 0 fully saturated rings. The van der Waals surface area contributed by atoms with Crippen LogP contribution >= 0.6 is 11.6 Å². The van der Waals surface area contributed by atoms with Crippen LogP contribution in [0.25, 0.3) is 0 Å². The molecule has 0 saturated heterocycles. The summed E-state index contributed by atoms with van der Waals surface area (Å²) in [6.45, 7) is 1.21. The molecule has 3 rings (SSSR count). The standard InChI is InChI=1S/C21H22ClFN2O4/c22-17-5-3-14(4-6-17)21(27)25-8-1-2-19(26)24-9-7-15-10-18(23)11-16-12-28-13-29-20(15)16/h3-6,10-11H,1-2,7-9,12-13H2,(H,24,26)(H,25,27). The van der Waals surface area contributed by atoms with Gasteiger partial charge in [0.1, 0.15) is 11.6 Å². The van der Waals surface area contributed by atoms with Crippen molar-refractivity contribution in [3.8, 4) is 5.75 Å². The Bertz CT molecular complexity index is 874. The van der Waals surface area contributed by atoms with Gasteiger partial charge >= 0.3 is 0 Å². The summed E-state index contributed by atoms with van der Waals surface area (Å²) < 4.78 is 24.3. The summed E-state index contributed by atoms with van der Waals surface area (Å²) in [5.74, 6) is -0.0467. The van der Waals surface area contributed by atoms with E-state index in [1.807, 2.05) is 0 Å². The number of benzene rings is 2. The molecule has 0 atom stereocenters. The van der Waals surface area contributed by atoms with Gasteiger partial charge in [-0.2, -0.15) is 0 Å². The van der Waals surface area contributed by atoms with Crippen LogP contribution < -0.4 is 15.4 Å². The Labute approximate surface area is 173 Å². The third-order valence-electron chi connectivity index (χ3n) is 4.44. The second kappa shape index (κ2) is 10.2. The SMILES string of the molecule is O=C(CCCNC(=O)c1ccc(Cl)cc1)NCCc1cc(F)cc2c1OCOC2. The summed E-state index contributed by atoms with van der Waals surface area (Å²) in [4.78, 5) is 23.9. The predicted octanol–water partition coefficient (Wildman–Crippen LogP) is 3.21. The second-order valence-electron chi connectivity index (χ2n) is 6.63. The number of hydrogen-bond acceptors (Lipinski definition) is 4. The van der Waals surface area contributed by atoms with Gasteiger partial charge in [-0.05, 0) is 54.8 Å². The van der Waals surface area contributed by atoms with E-state index in [1.54, 1.807) is 24.3 Å². The first-order valence-electron chi connectivity index (χ1n) is 9.35. The van der Waals surface area contributed by atoms with Gasteiger partial charge in [0.2, 0.25) is 5.91 Å². The lowest BCUT2D eigenvalue weighted by Crippen LogP contribution is -2.28. The lowest BCUT2D eigenvalue weighted by atomic mass is 10.1. The van der Waals surface area contributed by atoms with E-state index in [0.29, 0.717) is 60.0 Å². The van der Waals surface area contributed by atoms with Gasteiger partial charge in [0.05, 0.1) is 6.61 Å². The van der Waals surface area contributed by atoms with E-state index in [9.17, 15) is 14.0 Å². The molecule has 2 aromatic carbocycles. The third-order valence-corrected chi connectivity index (χ3v) is 4.69. The van der Waals surface area contributed by atoms with Crippen molar-refractivity contribution < 1.29 is 23.5 Å². The monoisotopic (exact) mass is 420 g/mol. The van der Waals surface area contributed by atoms with Crippen molar-refractivity contribution >= 4 is 23.4 Å². The van der Waals surface area contributed by atoms with Crippen LogP contribution in [0.5, 0.6) is 5.75 Å². The van der Waals surface area contributed by atoms with Crippen molar-refractivity contribution in [1.82, 2.24) is 10.6 Å². The Balaban J connectivity index is 1.36. The molecule has 0 saturated carbocycles. The number of amides is 2. The average Bonchev–Trinajstić information content (AvgIpc) is 2.71. The van der Waals surface area contributed by atoms with E-state index in [-0.39, 0.29) is 30.8 Å². The summed E-state index contributed by atoms with van der Waals surface area (Å²) in [5.41, 5.74) is 1.90. The molecule has 0 spiro atoms. The molecule has 2 aromatic rings. The molecule has 0 aliphatic carbocycles. The van der Waals surface area contributed by atoms with E-state index in [2.05, 4.69) is 10.6 Å². The summed E-state index contributed by atoms with van der Waals surface area (Å²) in [6, 6.07) is 9.41. The van der Waals surface area contributed by atoms with Crippen molar-refractivity contribution in [2.75, 3.05) is 19.9 Å². The molecule has 1 heterocycles. The zero-order valence-corrected chi connectivity index (χ0v) is 16.6. The van der Waals surface area contributed by atoms with E-state index in [4.69, 9.17) is 21.1 Å². The Morgan fingerprint density at radius 2 is 1.90 bits per heavy atom. The summed E-state index contributed by atoms with van der Waals surface area (Å²) >= 11 is 5.79. The molecule has 2 amide bonds. The van der Waals surface area contributed by atoms with Crippen LogP contribution in [0, 0.1) is 5.82 Å². The molecule has 1 aliphatic heterocycles. The van der Waals surface area contributed by atoms with E-state index in [0.717, 1.165) is 0 Å². The number of carbonyl (C=O) groups is 2. The van der Waals surface area contributed by atoms with Crippen LogP contribution in [0.15, 0.2) is 36.4 Å². The molecule has 0 unspecified atom stereocenters. The smallest absolute Gasteiger partial charge is 0.251 e. The second-order valence-corrected chi connectivity index (χ2v) is 7.07. The number of nitrogens with one attached hydrogen (secondary N) is 2. The molecular formula is C21H22ClFN2O4. The van der Waals surface area contributed by atoms with E-state index < -0.39 is 0 Å². The molecule has 1 aliphatic rings. The highest BCUT2D eigenvalue weighted by Gasteiger charge is 2.17. The van der Waals surface area contributed by atoms with E-state index in [1.165, 1.54) is 12.1 Å². The van der Waals surface area contributed by atoms with Crippen LogP contribution in [-0.2, 0) is 22.6 Å². The molecule has 154 valence electrons. The van der Waals surface area contributed by atoms with Gasteiger partial charge in [-0.3, -0.25) is 9.59 Å². The number of carbonyl (C=O) groups excluding carboxylic acids is 2. The van der Waals surface area contributed by atoms with Gasteiger partial charge in [0, 0.05) is 35.7 Å². The first-order valence-corrected chi connectivity index (χ1v) is 9.73. The van der Waals surface area contributed by atoms with Crippen LogP contribution in [0.4, 0.5) is 4.39 Å². The molecule has 6 nitrogen and oxygen atoms in total. The van der Waals surface area contributed by atoms with Crippen LogP contribution in [-0.4, -0.2) is 31.7 Å². The topological polar surface area (TPSA) is 76.7 Å². The number of hydrogen-bond donors (Lipinski definition) is 2. The van der Waals surface area contributed by atoms with Crippen LogP contribution in [0.3, 0.4) is 0 Å². The largest absolute Gasteiger partial charge is 0.467 e. The van der Waals surface area contributed by atoms with Gasteiger partial charge < -0.3 is 20.1 Å². The lowest BCUT2D eigenvalue weighted by Gasteiger charge is -2.21. The molecule has 0 aromatic heterocycles. The highest BCUT2D eigenvalue weighted by atomic mass is 35.5. The quantitative estimate of drug-likeness (QED) is 0.643. The van der Waals surface area contributed by atoms with Gasteiger partial charge in [-0.25, -0.2) is 4.39 Å². The Kier molecular flexibility index (Phi) is 7.43. The lowest BCUT2D eigenvalue weighted by molar-refractivity contribution is -0.121. The third kappa shape index (κ3) is 6.17. The van der Waals surface area contributed by atoms with Crippen LogP contribution in [0.2, 0.25) is 5.02 Å². The highest BCUT2D eigenvalue weighted by molar-refractivity contribution is 6.30. The first kappa shape index (κ1) is 21.1. The van der Waals surface area contributed by atoms with Crippen molar-refractivity contribution in [2.24, 2.45) is 0 Å². The zero-order valence-electron chi connectivity index (χ0n) is 15.8. The number of halogens is 2. The number of fused-ring (bicyclic) bond motifs is 1. The summed E-state index contributed by atoms with van der Waals surface area (Å²) in [6.07, 6.45) is 1.26. The number of rotatable bonds is 8. The minimum atomic E-state index is -0.351. The average molecular weight is 421 g/mol. The van der Waals surface area contributed by atoms with Gasteiger partial charge in [-0.1, -0.05) is 11.6 Å². The van der Waals surface area contributed by atoms with Crippen molar-refractivity contribution in [3.63, 3.8) is 0 Å². The van der Waals surface area contributed by atoms with Crippen molar-refractivity contribution in [2.45, 2.75) is 25.9 Å². The fourth-order valence-corrected chi connectivity index (χ4v) is 3.15. The maximum atomic E-state index is 13.7. The summed E-state index contributed by atoms with van der Waals surface area (Å²) in [7, 11) is 0. The predicted molar refractivity (Wildman–Crippen MR) is 106 cm³/mol. The molecule has 2 N–H and O–H groups in total. The summed E-state index contributed by atoms with van der Waals surface area (Å²) in [5, 5.41) is 6.14. The maximum absolute atomic E-state index is 13.7. The highest BCUT2D eigenvalue weighted by Crippen LogP contribution is 2.29. The molecule has 8 heteroatoms. The normalized spacial score (nSPS) is 12.6. The van der Waals surface area contributed by atoms with E-state index >= 15 is 0 Å². The Hall–Kier alpha value is -2.64. The van der Waals surface area contributed by atoms with Gasteiger partial charge in [0.15, 0.2) is 6.79 Å². The molecule has 29 heavy (non-hydrogen) atoms. The Morgan fingerprint density at radius 1 is 1.10 bits per heavy atom. The van der Waals surface area contributed by atoms with Crippen molar-refractivity contribution in [1.29, 1.82) is 0 Å². The minimum Gasteiger partial charge on any atom is -0.467 e. The first-order chi connectivity index (χ1) is 14.0. The Morgan fingerprint density at radius 3 is 2.69 bits per heavy atom.